The fraction of sp³-hybridized carbons (Fsp3) is 0.400. The van der Waals surface area contributed by atoms with Crippen LogP contribution in [0.4, 0.5) is 10.6 Å². The number of hydrogen-bond acceptors (Lipinski definition) is 3. The van der Waals surface area contributed by atoms with E-state index in [0.717, 1.165) is 25.0 Å². The molecule has 0 radical (unpaired) electrons. The molecule has 0 bridgehead atoms. The number of carbonyl (C=O) groups excluding carboxylic acids is 1. The molecule has 1 aliphatic heterocycles. The summed E-state index contributed by atoms with van der Waals surface area (Å²) < 4.78 is 2.04. The van der Waals surface area contributed by atoms with Crippen LogP contribution in [0.2, 0.25) is 0 Å². The molecule has 1 atom stereocenters. The number of benzene rings is 1. The van der Waals surface area contributed by atoms with Gasteiger partial charge in [-0.2, -0.15) is 0 Å². The van der Waals surface area contributed by atoms with Crippen LogP contribution in [0.1, 0.15) is 37.4 Å². The summed E-state index contributed by atoms with van der Waals surface area (Å²) in [4.78, 5) is 20.4. The van der Waals surface area contributed by atoms with Crippen molar-refractivity contribution in [2.75, 3.05) is 18.5 Å². The number of imidazole rings is 1. The lowest BCUT2D eigenvalue weighted by Crippen LogP contribution is -2.45. The molecule has 0 unspecified atom stereocenters. The Kier molecular flexibility index (Phi) is 5.42. The van der Waals surface area contributed by atoms with E-state index < -0.39 is 0 Å². The van der Waals surface area contributed by atoms with E-state index in [9.17, 15) is 9.90 Å². The van der Waals surface area contributed by atoms with Gasteiger partial charge in [0.15, 0.2) is 5.82 Å². The molecule has 1 aliphatic rings. The number of amides is 2. The van der Waals surface area contributed by atoms with Gasteiger partial charge in [-0.15, -0.1) is 0 Å². The molecule has 26 heavy (non-hydrogen) atoms. The van der Waals surface area contributed by atoms with Gasteiger partial charge in [0, 0.05) is 20.1 Å². The first-order chi connectivity index (χ1) is 12.5. The number of anilines is 1. The van der Waals surface area contributed by atoms with Gasteiger partial charge >= 0.3 is 6.03 Å². The Hall–Kier alpha value is -2.60. The summed E-state index contributed by atoms with van der Waals surface area (Å²) in [5.74, 6) is 0.649. The lowest BCUT2D eigenvalue weighted by Gasteiger charge is -2.34. The lowest BCUT2D eigenvalue weighted by molar-refractivity contribution is 0.179. The highest BCUT2D eigenvalue weighted by Gasteiger charge is 2.34. The largest absolute Gasteiger partial charge is 0.393 e. The molecule has 2 amide bonds. The first kappa shape index (κ1) is 18.2. The van der Waals surface area contributed by atoms with Crippen LogP contribution in [-0.2, 0) is 6.54 Å². The summed E-state index contributed by atoms with van der Waals surface area (Å²) >= 11 is 0. The van der Waals surface area contributed by atoms with Crippen molar-refractivity contribution >= 4 is 17.5 Å². The van der Waals surface area contributed by atoms with Crippen molar-refractivity contribution in [2.45, 2.75) is 38.8 Å². The average Bonchev–Trinajstić information content (AvgIpc) is 3.03. The Morgan fingerprint density at radius 3 is 2.65 bits per heavy atom. The second-order valence-electron chi connectivity index (χ2n) is 6.82. The first-order valence-corrected chi connectivity index (χ1v) is 9.00. The van der Waals surface area contributed by atoms with Gasteiger partial charge in [-0.1, -0.05) is 36.9 Å². The predicted octanol–water partition coefficient (Wildman–Crippen LogP) is 3.33. The normalized spacial score (nSPS) is 15.3. The van der Waals surface area contributed by atoms with Crippen molar-refractivity contribution in [3.63, 3.8) is 0 Å². The van der Waals surface area contributed by atoms with Gasteiger partial charge in [-0.25, -0.2) is 9.78 Å². The SMILES string of the molecule is C=C1c2c(ncn2Cc2ccccc2)N(C)C(=O)N1CCCC[C@@H](C)O. The molecule has 3 rings (SSSR count). The Labute approximate surface area is 154 Å². The summed E-state index contributed by atoms with van der Waals surface area (Å²) in [7, 11) is 1.75. The van der Waals surface area contributed by atoms with E-state index in [-0.39, 0.29) is 12.1 Å². The standard InChI is InChI=1S/C20H26N4O2/c1-15(25)9-7-8-12-24-16(2)18-19(22(3)20(24)26)21-14-23(18)13-17-10-5-4-6-11-17/h4-6,10-11,14-15,25H,2,7-9,12-13H2,1,3H3/t15-/m1/s1. The zero-order valence-electron chi connectivity index (χ0n) is 15.4. The van der Waals surface area contributed by atoms with E-state index >= 15 is 0 Å². The monoisotopic (exact) mass is 354 g/mol. The second kappa shape index (κ2) is 7.74. The Balaban J connectivity index is 1.79. The van der Waals surface area contributed by atoms with Crippen LogP contribution in [0.5, 0.6) is 0 Å². The number of rotatable bonds is 7. The minimum Gasteiger partial charge on any atom is -0.393 e. The minimum atomic E-state index is -0.308. The molecule has 2 heterocycles. The maximum atomic E-state index is 12.7. The van der Waals surface area contributed by atoms with Crippen LogP contribution in [0.15, 0.2) is 43.2 Å². The molecule has 1 N–H and O–H groups in total. The third kappa shape index (κ3) is 3.65. The number of nitrogens with zero attached hydrogens (tertiary/aromatic N) is 4. The van der Waals surface area contributed by atoms with Crippen LogP contribution in [0.3, 0.4) is 0 Å². The van der Waals surface area contributed by atoms with Crippen molar-refractivity contribution in [1.82, 2.24) is 14.5 Å². The van der Waals surface area contributed by atoms with Gasteiger partial charge in [0.1, 0.15) is 5.69 Å². The molecule has 0 spiro atoms. The van der Waals surface area contributed by atoms with E-state index in [1.165, 1.54) is 5.56 Å². The van der Waals surface area contributed by atoms with Crippen molar-refractivity contribution in [1.29, 1.82) is 0 Å². The third-order valence-corrected chi connectivity index (χ3v) is 4.70. The van der Waals surface area contributed by atoms with E-state index in [1.807, 2.05) is 22.8 Å². The molecule has 1 aromatic heterocycles. The first-order valence-electron chi connectivity index (χ1n) is 9.00. The quantitative estimate of drug-likeness (QED) is 0.776. The minimum absolute atomic E-state index is 0.107. The molecule has 138 valence electrons. The molecular weight excluding hydrogens is 328 g/mol. The Bertz CT molecular complexity index is 782. The number of urea groups is 1. The summed E-state index contributed by atoms with van der Waals surface area (Å²) in [6.45, 7) is 7.23. The van der Waals surface area contributed by atoms with Crippen molar-refractivity contribution in [3.8, 4) is 0 Å². The van der Waals surface area contributed by atoms with Crippen LogP contribution in [0.25, 0.3) is 5.70 Å². The van der Waals surface area contributed by atoms with E-state index in [1.54, 1.807) is 30.1 Å². The third-order valence-electron chi connectivity index (χ3n) is 4.70. The fourth-order valence-corrected chi connectivity index (χ4v) is 3.27. The number of aromatic nitrogens is 2. The average molecular weight is 354 g/mol. The van der Waals surface area contributed by atoms with Gasteiger partial charge in [0.2, 0.25) is 0 Å². The number of fused-ring (bicyclic) bond motifs is 1. The van der Waals surface area contributed by atoms with Crippen LogP contribution < -0.4 is 4.90 Å². The summed E-state index contributed by atoms with van der Waals surface area (Å²) in [5, 5.41) is 9.40. The molecule has 0 fully saturated rings. The van der Waals surface area contributed by atoms with Crippen molar-refractivity contribution in [3.05, 3.63) is 54.5 Å². The number of unbranched alkanes of at least 4 members (excludes halogenated alkanes) is 1. The molecule has 6 heteroatoms. The number of aliphatic hydroxyl groups excluding tert-OH is 1. The van der Waals surface area contributed by atoms with Crippen LogP contribution >= 0.6 is 0 Å². The van der Waals surface area contributed by atoms with Crippen LogP contribution in [-0.4, -0.2) is 45.3 Å². The van der Waals surface area contributed by atoms with E-state index in [4.69, 9.17) is 0 Å². The van der Waals surface area contributed by atoms with Gasteiger partial charge < -0.3 is 9.67 Å². The molecule has 1 aromatic carbocycles. The summed E-state index contributed by atoms with van der Waals surface area (Å²) in [6, 6.07) is 10.0. The highest BCUT2D eigenvalue weighted by atomic mass is 16.3. The molecule has 0 saturated heterocycles. The van der Waals surface area contributed by atoms with E-state index in [2.05, 4.69) is 23.7 Å². The molecule has 6 nitrogen and oxygen atoms in total. The molecule has 2 aromatic rings. The smallest absolute Gasteiger partial charge is 0.329 e. The topological polar surface area (TPSA) is 61.6 Å². The maximum Gasteiger partial charge on any atom is 0.329 e. The highest BCUT2D eigenvalue weighted by Crippen LogP contribution is 2.34. The number of carbonyl (C=O) groups is 1. The zero-order chi connectivity index (χ0) is 18.7. The molecule has 0 aliphatic carbocycles. The summed E-state index contributed by atoms with van der Waals surface area (Å²) in [6.07, 6.45) is 3.89. The Morgan fingerprint density at radius 2 is 1.96 bits per heavy atom. The van der Waals surface area contributed by atoms with Gasteiger partial charge in [-0.3, -0.25) is 9.80 Å². The number of aliphatic hydroxyl groups is 1. The zero-order valence-corrected chi connectivity index (χ0v) is 15.4. The second-order valence-corrected chi connectivity index (χ2v) is 6.82. The van der Waals surface area contributed by atoms with E-state index in [0.29, 0.717) is 24.6 Å². The predicted molar refractivity (Wildman–Crippen MR) is 103 cm³/mol. The van der Waals surface area contributed by atoms with Gasteiger partial charge in [-0.05, 0) is 31.7 Å². The van der Waals surface area contributed by atoms with Crippen molar-refractivity contribution < 1.29 is 9.90 Å². The highest BCUT2D eigenvalue weighted by molar-refractivity contribution is 6.02. The number of hydrogen-bond donors (Lipinski definition) is 1. The van der Waals surface area contributed by atoms with Crippen LogP contribution in [0, 0.1) is 0 Å². The molecule has 0 saturated carbocycles. The fourth-order valence-electron chi connectivity index (χ4n) is 3.27. The van der Waals surface area contributed by atoms with Gasteiger partial charge in [0.25, 0.3) is 0 Å². The maximum absolute atomic E-state index is 12.7. The summed E-state index contributed by atoms with van der Waals surface area (Å²) in [5.41, 5.74) is 2.74. The van der Waals surface area contributed by atoms with Crippen molar-refractivity contribution in [2.24, 2.45) is 0 Å². The van der Waals surface area contributed by atoms with Gasteiger partial charge in [0.05, 0.1) is 18.1 Å². The Morgan fingerprint density at radius 1 is 1.23 bits per heavy atom. The lowest BCUT2D eigenvalue weighted by atomic mass is 10.1. The molecular formula is C20H26N4O2.